The molecular weight excluding hydrogens is 344 g/mol. The minimum absolute atomic E-state index is 0.0577. The van der Waals surface area contributed by atoms with Gasteiger partial charge < -0.3 is 14.2 Å². The van der Waals surface area contributed by atoms with Crippen LogP contribution in [0.15, 0.2) is 33.6 Å². The molecule has 1 N–H and O–H groups in total. The summed E-state index contributed by atoms with van der Waals surface area (Å²) in [5.74, 6) is 2.09. The number of ether oxygens (including phenoxy) is 1. The highest BCUT2D eigenvalue weighted by molar-refractivity contribution is 5.80. The SMILES string of the molecule is CCOc1ccc2[nH]c(=O)c(CN3CCCCC3c3nc(C)no3)cc2c1. The van der Waals surface area contributed by atoms with Crippen molar-refractivity contribution in [3.8, 4) is 5.75 Å². The summed E-state index contributed by atoms with van der Waals surface area (Å²) in [5, 5.41) is 4.89. The average Bonchev–Trinajstić information content (AvgIpc) is 3.09. The molecule has 1 aromatic carbocycles. The first kappa shape index (κ1) is 17.7. The molecular formula is C20H24N4O3. The molecule has 0 spiro atoms. The fourth-order valence-corrected chi connectivity index (χ4v) is 3.73. The summed E-state index contributed by atoms with van der Waals surface area (Å²) in [4.78, 5) is 22.3. The van der Waals surface area contributed by atoms with E-state index in [0.29, 0.717) is 24.9 Å². The fraction of sp³-hybridized carbons (Fsp3) is 0.450. The molecule has 1 saturated heterocycles. The van der Waals surface area contributed by atoms with Crippen molar-refractivity contribution in [2.45, 2.75) is 45.7 Å². The predicted octanol–water partition coefficient (Wildman–Crippen LogP) is 3.35. The number of pyridine rings is 1. The summed E-state index contributed by atoms with van der Waals surface area (Å²) in [6.07, 6.45) is 3.18. The van der Waals surface area contributed by atoms with E-state index in [1.807, 2.05) is 38.1 Å². The highest BCUT2D eigenvalue weighted by atomic mass is 16.5. The third kappa shape index (κ3) is 3.73. The molecule has 3 heterocycles. The fourth-order valence-electron chi connectivity index (χ4n) is 3.73. The van der Waals surface area contributed by atoms with Gasteiger partial charge in [-0.3, -0.25) is 9.69 Å². The van der Waals surface area contributed by atoms with Gasteiger partial charge in [-0.1, -0.05) is 11.6 Å². The Hall–Kier alpha value is -2.67. The number of hydrogen-bond acceptors (Lipinski definition) is 6. The van der Waals surface area contributed by atoms with Crippen LogP contribution in [0.5, 0.6) is 5.75 Å². The summed E-state index contributed by atoms with van der Waals surface area (Å²) < 4.78 is 11.0. The largest absolute Gasteiger partial charge is 0.494 e. The molecule has 142 valence electrons. The Morgan fingerprint density at radius 2 is 2.22 bits per heavy atom. The molecule has 0 aliphatic carbocycles. The summed E-state index contributed by atoms with van der Waals surface area (Å²) in [7, 11) is 0. The van der Waals surface area contributed by atoms with Crippen molar-refractivity contribution in [2.75, 3.05) is 13.2 Å². The molecule has 0 bridgehead atoms. The third-order valence-corrected chi connectivity index (χ3v) is 5.02. The number of aromatic nitrogens is 3. The highest BCUT2D eigenvalue weighted by Gasteiger charge is 2.29. The first-order valence-electron chi connectivity index (χ1n) is 9.47. The Bertz CT molecular complexity index is 994. The van der Waals surface area contributed by atoms with E-state index in [-0.39, 0.29) is 11.6 Å². The standard InChI is InChI=1S/C20H24N4O3/c1-3-26-16-7-8-17-14(11-16)10-15(19(25)22-17)12-24-9-5-4-6-18(24)20-21-13(2)23-27-20/h7-8,10-11,18H,3-6,9,12H2,1-2H3,(H,22,25). The van der Waals surface area contributed by atoms with Crippen LogP contribution in [-0.2, 0) is 6.54 Å². The Morgan fingerprint density at radius 3 is 3.00 bits per heavy atom. The highest BCUT2D eigenvalue weighted by Crippen LogP contribution is 2.31. The lowest BCUT2D eigenvalue weighted by molar-refractivity contribution is 0.111. The molecule has 7 heteroatoms. The summed E-state index contributed by atoms with van der Waals surface area (Å²) >= 11 is 0. The van der Waals surface area contributed by atoms with Crippen molar-refractivity contribution in [3.63, 3.8) is 0 Å². The van der Waals surface area contributed by atoms with Crippen LogP contribution in [0, 0.1) is 6.92 Å². The molecule has 1 aliphatic heterocycles. The quantitative estimate of drug-likeness (QED) is 0.743. The van der Waals surface area contributed by atoms with Gasteiger partial charge in [-0.15, -0.1) is 0 Å². The Labute approximate surface area is 157 Å². The zero-order valence-electron chi connectivity index (χ0n) is 15.7. The van der Waals surface area contributed by atoms with Crippen LogP contribution in [0.4, 0.5) is 0 Å². The molecule has 4 rings (SSSR count). The number of nitrogens with one attached hydrogen (secondary N) is 1. The van der Waals surface area contributed by atoms with Crippen molar-refractivity contribution >= 4 is 10.9 Å². The van der Waals surface area contributed by atoms with E-state index in [1.54, 1.807) is 0 Å². The number of H-pyrrole nitrogens is 1. The number of piperidine rings is 1. The van der Waals surface area contributed by atoms with E-state index >= 15 is 0 Å². The first-order chi connectivity index (χ1) is 13.1. The van der Waals surface area contributed by atoms with Crippen molar-refractivity contribution < 1.29 is 9.26 Å². The van der Waals surface area contributed by atoms with E-state index in [2.05, 4.69) is 20.0 Å². The van der Waals surface area contributed by atoms with Crippen molar-refractivity contribution in [2.24, 2.45) is 0 Å². The van der Waals surface area contributed by atoms with Crippen LogP contribution in [0.3, 0.4) is 0 Å². The molecule has 1 aliphatic rings. The second-order valence-electron chi connectivity index (χ2n) is 6.97. The smallest absolute Gasteiger partial charge is 0.252 e. The normalized spacial score (nSPS) is 18.1. The van der Waals surface area contributed by atoms with Crippen LogP contribution >= 0.6 is 0 Å². The predicted molar refractivity (Wildman–Crippen MR) is 102 cm³/mol. The maximum absolute atomic E-state index is 12.6. The number of rotatable bonds is 5. The van der Waals surface area contributed by atoms with E-state index < -0.39 is 0 Å². The molecule has 1 atom stereocenters. The molecule has 0 amide bonds. The molecule has 7 nitrogen and oxygen atoms in total. The maximum Gasteiger partial charge on any atom is 0.252 e. The van der Waals surface area contributed by atoms with Crippen LogP contribution in [0.1, 0.15) is 49.5 Å². The number of benzene rings is 1. The van der Waals surface area contributed by atoms with Gasteiger partial charge in [-0.25, -0.2) is 0 Å². The monoisotopic (exact) mass is 368 g/mol. The Kier molecular flexibility index (Phi) is 4.94. The van der Waals surface area contributed by atoms with E-state index in [0.717, 1.165) is 48.0 Å². The van der Waals surface area contributed by atoms with E-state index in [9.17, 15) is 4.79 Å². The van der Waals surface area contributed by atoms with Gasteiger partial charge >= 0.3 is 0 Å². The molecule has 27 heavy (non-hydrogen) atoms. The van der Waals surface area contributed by atoms with Crippen LogP contribution < -0.4 is 10.3 Å². The molecule has 2 aromatic heterocycles. The molecule has 1 unspecified atom stereocenters. The molecule has 0 radical (unpaired) electrons. The lowest BCUT2D eigenvalue weighted by atomic mass is 10.0. The zero-order chi connectivity index (χ0) is 18.8. The first-order valence-corrected chi connectivity index (χ1v) is 9.47. The molecule has 3 aromatic rings. The van der Waals surface area contributed by atoms with Crippen molar-refractivity contribution in [1.29, 1.82) is 0 Å². The number of nitrogens with zero attached hydrogens (tertiary/aromatic N) is 3. The van der Waals surface area contributed by atoms with E-state index in [1.165, 1.54) is 0 Å². The van der Waals surface area contributed by atoms with Gasteiger partial charge in [0.2, 0.25) is 5.89 Å². The van der Waals surface area contributed by atoms with E-state index in [4.69, 9.17) is 9.26 Å². The Morgan fingerprint density at radius 1 is 1.33 bits per heavy atom. The average molecular weight is 368 g/mol. The van der Waals surface area contributed by atoms with Crippen LogP contribution in [0.25, 0.3) is 10.9 Å². The second-order valence-corrected chi connectivity index (χ2v) is 6.97. The molecule has 1 fully saturated rings. The number of likely N-dealkylation sites (tertiary alicyclic amines) is 1. The van der Waals surface area contributed by atoms with Gasteiger partial charge in [0.05, 0.1) is 12.6 Å². The lowest BCUT2D eigenvalue weighted by Crippen LogP contribution is -2.35. The molecule has 0 saturated carbocycles. The van der Waals surface area contributed by atoms with Gasteiger partial charge in [-0.2, -0.15) is 4.98 Å². The number of hydrogen-bond donors (Lipinski definition) is 1. The number of aryl methyl sites for hydroxylation is 1. The van der Waals surface area contributed by atoms with Gasteiger partial charge in [0.1, 0.15) is 5.75 Å². The van der Waals surface area contributed by atoms with Gasteiger partial charge in [0, 0.05) is 23.0 Å². The van der Waals surface area contributed by atoms with Gasteiger partial charge in [-0.05, 0) is 57.5 Å². The summed E-state index contributed by atoms with van der Waals surface area (Å²) in [6.45, 7) is 5.85. The second kappa shape index (κ2) is 7.52. The maximum atomic E-state index is 12.6. The van der Waals surface area contributed by atoms with Gasteiger partial charge in [0.15, 0.2) is 5.82 Å². The van der Waals surface area contributed by atoms with Crippen molar-refractivity contribution in [1.82, 2.24) is 20.0 Å². The number of fused-ring (bicyclic) bond motifs is 1. The van der Waals surface area contributed by atoms with Gasteiger partial charge in [0.25, 0.3) is 5.56 Å². The minimum Gasteiger partial charge on any atom is -0.494 e. The van der Waals surface area contributed by atoms with Crippen LogP contribution in [-0.4, -0.2) is 33.2 Å². The lowest BCUT2D eigenvalue weighted by Gasteiger charge is -2.33. The topological polar surface area (TPSA) is 84.3 Å². The summed E-state index contributed by atoms with van der Waals surface area (Å²) in [6, 6.07) is 7.75. The minimum atomic E-state index is -0.0577. The van der Waals surface area contributed by atoms with Crippen molar-refractivity contribution in [3.05, 3.63) is 51.9 Å². The van der Waals surface area contributed by atoms with Crippen LogP contribution in [0.2, 0.25) is 0 Å². The Balaban J connectivity index is 1.64. The zero-order valence-corrected chi connectivity index (χ0v) is 15.7. The number of aromatic amines is 1. The third-order valence-electron chi connectivity index (χ3n) is 5.02. The summed E-state index contributed by atoms with van der Waals surface area (Å²) in [5.41, 5.74) is 1.49.